The van der Waals surface area contributed by atoms with Crippen LogP contribution in [0, 0.1) is 13.8 Å². The van der Waals surface area contributed by atoms with Crippen molar-refractivity contribution in [2.75, 3.05) is 4.90 Å². The predicted molar refractivity (Wildman–Crippen MR) is 172 cm³/mol. The van der Waals surface area contributed by atoms with Gasteiger partial charge in [0.15, 0.2) is 0 Å². The molecule has 0 saturated heterocycles. The number of hydrogen-bond donors (Lipinski definition) is 0. The van der Waals surface area contributed by atoms with Crippen LogP contribution in [0.15, 0.2) is 145 Å². The van der Waals surface area contributed by atoms with Gasteiger partial charge in [-0.3, -0.25) is 0 Å². The summed E-state index contributed by atoms with van der Waals surface area (Å²) >= 11 is 0. The Labute approximate surface area is 236 Å². The van der Waals surface area contributed by atoms with E-state index in [9.17, 15) is 0 Å². The topological polar surface area (TPSA) is 3.24 Å². The van der Waals surface area contributed by atoms with Gasteiger partial charge in [-0.2, -0.15) is 0 Å². The molecule has 0 spiro atoms. The molecule has 192 valence electrons. The Hall–Kier alpha value is -4.88. The van der Waals surface area contributed by atoms with E-state index >= 15 is 0 Å². The van der Waals surface area contributed by atoms with Crippen molar-refractivity contribution >= 4 is 32.9 Å². The maximum Gasteiger partial charge on any atom is 0.0458 e. The molecular formula is C39H31N. The molecule has 1 nitrogen and oxygen atoms in total. The van der Waals surface area contributed by atoms with E-state index in [4.69, 9.17) is 0 Å². The van der Waals surface area contributed by atoms with E-state index in [1.807, 2.05) is 0 Å². The van der Waals surface area contributed by atoms with Crippen LogP contribution < -0.4 is 4.90 Å². The molecule has 0 heterocycles. The van der Waals surface area contributed by atoms with Gasteiger partial charge in [0.05, 0.1) is 0 Å². The average Bonchev–Trinajstić information content (AvgIpc) is 3.53. The van der Waals surface area contributed by atoms with Crippen LogP contribution in [0.25, 0.3) is 43.8 Å². The predicted octanol–water partition coefficient (Wildman–Crippen LogP) is 10.9. The first kappa shape index (κ1) is 24.2. The molecule has 6 aromatic rings. The third-order valence-corrected chi connectivity index (χ3v) is 8.23. The molecule has 0 unspecified atom stereocenters. The van der Waals surface area contributed by atoms with Crippen molar-refractivity contribution in [1.82, 2.24) is 0 Å². The van der Waals surface area contributed by atoms with Gasteiger partial charge in [0.2, 0.25) is 0 Å². The van der Waals surface area contributed by atoms with Crippen LogP contribution >= 0.6 is 0 Å². The normalized spacial score (nSPS) is 12.7. The third-order valence-electron chi connectivity index (χ3n) is 8.23. The number of para-hydroxylation sites is 1. The molecule has 0 atom stereocenters. The quantitative estimate of drug-likeness (QED) is 0.222. The highest BCUT2D eigenvalue weighted by molar-refractivity contribution is 6.08. The zero-order chi connectivity index (χ0) is 27.1. The maximum absolute atomic E-state index is 2.36. The first-order valence-electron chi connectivity index (χ1n) is 14.0. The van der Waals surface area contributed by atoms with Gasteiger partial charge in [-0.1, -0.05) is 109 Å². The number of fused-ring (bicyclic) bond motifs is 2. The van der Waals surface area contributed by atoms with Gasteiger partial charge in [-0.05, 0) is 99.1 Å². The summed E-state index contributed by atoms with van der Waals surface area (Å²) in [6.45, 7) is 4.48. The molecule has 6 aromatic carbocycles. The summed E-state index contributed by atoms with van der Waals surface area (Å²) in [5.74, 6) is 0. The Balaban J connectivity index is 1.34. The van der Waals surface area contributed by atoms with E-state index in [1.165, 1.54) is 72.0 Å². The van der Waals surface area contributed by atoms with Crippen LogP contribution in [0.3, 0.4) is 0 Å². The van der Waals surface area contributed by atoms with E-state index < -0.39 is 0 Å². The Morgan fingerprint density at radius 2 is 1.27 bits per heavy atom. The summed E-state index contributed by atoms with van der Waals surface area (Å²) in [7, 11) is 0. The van der Waals surface area contributed by atoms with E-state index in [2.05, 4.69) is 158 Å². The number of nitrogens with zero attached hydrogens (tertiary/aromatic N) is 1. The van der Waals surface area contributed by atoms with Gasteiger partial charge in [0.1, 0.15) is 0 Å². The first-order valence-corrected chi connectivity index (χ1v) is 14.0. The van der Waals surface area contributed by atoms with Crippen molar-refractivity contribution in [3.63, 3.8) is 0 Å². The molecule has 0 aromatic heterocycles. The van der Waals surface area contributed by atoms with Crippen LogP contribution in [0.2, 0.25) is 0 Å². The van der Waals surface area contributed by atoms with E-state index in [0.717, 1.165) is 6.42 Å². The van der Waals surface area contributed by atoms with Gasteiger partial charge in [0, 0.05) is 23.5 Å². The number of allylic oxidation sites excluding steroid dienone is 3. The average molecular weight is 514 g/mol. The van der Waals surface area contributed by atoms with Crippen LogP contribution in [-0.4, -0.2) is 0 Å². The lowest BCUT2D eigenvalue weighted by Crippen LogP contribution is -2.15. The molecule has 7 rings (SSSR count). The van der Waals surface area contributed by atoms with Gasteiger partial charge in [0.25, 0.3) is 0 Å². The molecule has 0 bridgehead atoms. The molecule has 0 N–H and O–H groups in total. The molecule has 0 saturated carbocycles. The maximum atomic E-state index is 2.36. The lowest BCUT2D eigenvalue weighted by atomic mass is 9.87. The number of rotatable bonds is 5. The first-order chi connectivity index (χ1) is 19.7. The van der Waals surface area contributed by atoms with Crippen LogP contribution in [0.5, 0.6) is 0 Å². The number of anilines is 2. The van der Waals surface area contributed by atoms with E-state index in [-0.39, 0.29) is 0 Å². The van der Waals surface area contributed by atoms with Crippen molar-refractivity contribution in [2.45, 2.75) is 20.3 Å². The lowest BCUT2D eigenvalue weighted by Gasteiger charge is -2.26. The number of hydrogen-bond acceptors (Lipinski definition) is 1. The minimum absolute atomic E-state index is 0.941. The molecule has 1 heteroatoms. The Kier molecular flexibility index (Phi) is 6.06. The minimum Gasteiger partial charge on any atom is -0.314 e. The summed E-state index contributed by atoms with van der Waals surface area (Å²) in [6.07, 6.45) is 7.51. The zero-order valence-electron chi connectivity index (χ0n) is 22.9. The highest BCUT2D eigenvalue weighted by atomic mass is 15.1. The molecule has 1 aliphatic rings. The highest BCUT2D eigenvalue weighted by Crippen LogP contribution is 2.40. The fraction of sp³-hybridized carbons (Fsp3) is 0.0769. The fourth-order valence-electron chi connectivity index (χ4n) is 6.23. The molecule has 40 heavy (non-hydrogen) atoms. The minimum atomic E-state index is 0.941. The zero-order valence-corrected chi connectivity index (χ0v) is 22.9. The van der Waals surface area contributed by atoms with Crippen LogP contribution in [-0.2, 0) is 0 Å². The van der Waals surface area contributed by atoms with Crippen molar-refractivity contribution in [1.29, 1.82) is 0 Å². The SMILES string of the molecule is Cc1c(-c2cccc3c(-c4ccc(N(C5=CC=CC5)c5ccccc5)cc4)ccc(C)c23)ccc2ccccc12. The second kappa shape index (κ2) is 10.0. The van der Waals surface area contributed by atoms with Crippen molar-refractivity contribution < 1.29 is 0 Å². The third kappa shape index (κ3) is 4.12. The summed E-state index contributed by atoms with van der Waals surface area (Å²) < 4.78 is 0. The second-order valence-corrected chi connectivity index (χ2v) is 10.6. The highest BCUT2D eigenvalue weighted by Gasteiger charge is 2.17. The van der Waals surface area contributed by atoms with Crippen molar-refractivity contribution in [2.24, 2.45) is 0 Å². The van der Waals surface area contributed by atoms with Gasteiger partial charge < -0.3 is 4.90 Å². The van der Waals surface area contributed by atoms with Crippen molar-refractivity contribution in [3.05, 3.63) is 156 Å². The number of aryl methyl sites for hydroxylation is 2. The van der Waals surface area contributed by atoms with Gasteiger partial charge >= 0.3 is 0 Å². The van der Waals surface area contributed by atoms with Crippen molar-refractivity contribution in [3.8, 4) is 22.3 Å². The smallest absolute Gasteiger partial charge is 0.0458 e. The molecule has 0 amide bonds. The molecule has 1 aliphatic carbocycles. The summed E-state index contributed by atoms with van der Waals surface area (Å²) in [6, 6.07) is 44.2. The fourth-order valence-corrected chi connectivity index (χ4v) is 6.23. The summed E-state index contributed by atoms with van der Waals surface area (Å²) in [5.41, 5.74) is 11.4. The summed E-state index contributed by atoms with van der Waals surface area (Å²) in [5, 5.41) is 5.23. The van der Waals surface area contributed by atoms with Gasteiger partial charge in [-0.25, -0.2) is 0 Å². The Morgan fingerprint density at radius 3 is 2.08 bits per heavy atom. The Morgan fingerprint density at radius 1 is 0.550 bits per heavy atom. The van der Waals surface area contributed by atoms with Crippen LogP contribution in [0.1, 0.15) is 17.5 Å². The molecule has 0 fully saturated rings. The molecule has 0 aliphatic heterocycles. The monoisotopic (exact) mass is 513 g/mol. The van der Waals surface area contributed by atoms with E-state index in [0.29, 0.717) is 0 Å². The largest absolute Gasteiger partial charge is 0.314 e. The van der Waals surface area contributed by atoms with Gasteiger partial charge in [-0.15, -0.1) is 0 Å². The van der Waals surface area contributed by atoms with E-state index in [1.54, 1.807) is 0 Å². The standard InChI is InChI=1S/C39H31N/c1-27-19-25-36(30-20-23-33(24-21-30)40(32-14-7-8-15-32)31-12-4-3-5-13-31)38-18-10-17-37(39(27)38)35-26-22-29-11-6-9-16-34(29)28(35)2/h3-14,16-26H,15H2,1-2H3. The molecular weight excluding hydrogens is 482 g/mol. The Bertz CT molecular complexity index is 1920. The second-order valence-electron chi connectivity index (χ2n) is 10.6. The van der Waals surface area contributed by atoms with Crippen LogP contribution in [0.4, 0.5) is 11.4 Å². The summed E-state index contributed by atoms with van der Waals surface area (Å²) in [4.78, 5) is 2.36. The lowest BCUT2D eigenvalue weighted by molar-refractivity contribution is 1.10. The molecule has 0 radical (unpaired) electrons. The number of benzene rings is 6.